The molecule has 0 fully saturated rings. The summed E-state index contributed by atoms with van der Waals surface area (Å²) in [5, 5.41) is 11.7. The molecule has 1 aliphatic heterocycles. The van der Waals surface area contributed by atoms with Crippen LogP contribution in [-0.4, -0.2) is 42.4 Å². The molecule has 0 radical (unpaired) electrons. The Morgan fingerprint density at radius 1 is 1.39 bits per heavy atom. The third-order valence-electron chi connectivity index (χ3n) is 4.33. The molecule has 3 rings (SSSR count). The topological polar surface area (TPSA) is 86.7 Å². The average molecular weight is 463 g/mol. The fourth-order valence-electron chi connectivity index (χ4n) is 3.07. The van der Waals surface area contributed by atoms with Crippen molar-refractivity contribution in [3.05, 3.63) is 46.6 Å². The lowest BCUT2D eigenvalue weighted by Crippen LogP contribution is -2.39. The van der Waals surface area contributed by atoms with Crippen LogP contribution in [0.25, 0.3) is 0 Å². The Bertz CT molecular complexity index is 984. The minimum Gasteiger partial charge on any atom is -0.355 e. The van der Waals surface area contributed by atoms with Gasteiger partial charge in [-0.3, -0.25) is 9.59 Å². The molecular formula is C18H18BBrClN5O2. The molecule has 2 heterocycles. The number of aromatic nitrogens is 1. The molecule has 1 atom stereocenters. The van der Waals surface area contributed by atoms with Gasteiger partial charge in [-0.15, -0.1) is 0 Å². The Balaban J connectivity index is 1.93. The fraction of sp³-hybridized carbons (Fsp3) is 0.222. The molecule has 0 aliphatic carbocycles. The van der Waals surface area contributed by atoms with Crippen LogP contribution in [0.1, 0.15) is 22.3 Å². The SMILES string of the molecule is Bc1cc(C)c(NC(=O)C2CC(Br)=NN2c2ncccc2Cl)c(C(=O)NC)c1. The van der Waals surface area contributed by atoms with Gasteiger partial charge in [-0.2, -0.15) is 5.10 Å². The van der Waals surface area contributed by atoms with Gasteiger partial charge >= 0.3 is 0 Å². The van der Waals surface area contributed by atoms with E-state index in [1.54, 1.807) is 31.4 Å². The van der Waals surface area contributed by atoms with E-state index in [1.165, 1.54) is 5.01 Å². The van der Waals surface area contributed by atoms with E-state index in [-0.39, 0.29) is 11.8 Å². The van der Waals surface area contributed by atoms with Crippen LogP contribution in [0, 0.1) is 6.92 Å². The molecule has 0 spiro atoms. The molecule has 1 unspecified atom stereocenters. The summed E-state index contributed by atoms with van der Waals surface area (Å²) in [6.07, 6.45) is 1.95. The van der Waals surface area contributed by atoms with Crippen LogP contribution in [0.5, 0.6) is 0 Å². The van der Waals surface area contributed by atoms with Gasteiger partial charge in [0.1, 0.15) is 18.5 Å². The number of amides is 2. The molecule has 1 aromatic heterocycles. The van der Waals surface area contributed by atoms with Crippen molar-refractivity contribution < 1.29 is 9.59 Å². The maximum atomic E-state index is 13.1. The summed E-state index contributed by atoms with van der Waals surface area (Å²) in [6, 6.07) is 6.40. The molecule has 0 bridgehead atoms. The molecule has 144 valence electrons. The van der Waals surface area contributed by atoms with Gasteiger partial charge in [0.05, 0.1) is 16.3 Å². The van der Waals surface area contributed by atoms with Gasteiger partial charge in [0, 0.05) is 19.7 Å². The molecule has 1 aromatic carbocycles. The maximum absolute atomic E-state index is 13.1. The van der Waals surface area contributed by atoms with E-state index in [9.17, 15) is 9.59 Å². The van der Waals surface area contributed by atoms with Crippen LogP contribution in [0.3, 0.4) is 0 Å². The molecule has 2 amide bonds. The molecule has 28 heavy (non-hydrogen) atoms. The first-order valence-corrected chi connectivity index (χ1v) is 9.75. The van der Waals surface area contributed by atoms with Crippen molar-refractivity contribution in [2.45, 2.75) is 19.4 Å². The Hall–Kier alpha value is -2.39. The number of halogens is 2. The standard InChI is InChI=1S/C18H18BBrClN5O2/c1-9-6-10(19)7-11(17(27)22-2)15(9)24-18(28)13-8-14(20)25-26(13)16-12(21)4-3-5-23-16/h3-7,13H,8,19H2,1-2H3,(H,22,27)(H,24,28). The first-order chi connectivity index (χ1) is 13.3. The van der Waals surface area contributed by atoms with E-state index in [4.69, 9.17) is 11.6 Å². The zero-order valence-corrected chi connectivity index (χ0v) is 17.9. The normalized spacial score (nSPS) is 15.9. The number of carbonyl (C=O) groups is 2. The third-order valence-corrected chi connectivity index (χ3v) is 5.11. The van der Waals surface area contributed by atoms with Crippen molar-refractivity contribution in [2.75, 3.05) is 17.4 Å². The minimum atomic E-state index is -0.653. The van der Waals surface area contributed by atoms with E-state index in [1.807, 2.05) is 20.8 Å². The summed E-state index contributed by atoms with van der Waals surface area (Å²) >= 11 is 9.60. The number of hydrazone groups is 1. The minimum absolute atomic E-state index is 0.268. The Morgan fingerprint density at radius 3 is 2.82 bits per heavy atom. The van der Waals surface area contributed by atoms with Crippen LogP contribution >= 0.6 is 27.5 Å². The Morgan fingerprint density at radius 2 is 2.14 bits per heavy atom. The fourth-order valence-corrected chi connectivity index (χ4v) is 3.76. The third kappa shape index (κ3) is 4.05. The van der Waals surface area contributed by atoms with Crippen molar-refractivity contribution in [1.29, 1.82) is 0 Å². The summed E-state index contributed by atoms with van der Waals surface area (Å²) < 4.78 is 0.613. The predicted molar refractivity (Wildman–Crippen MR) is 118 cm³/mol. The lowest BCUT2D eigenvalue weighted by atomic mass is 9.90. The summed E-state index contributed by atoms with van der Waals surface area (Å²) in [5.41, 5.74) is 2.62. The van der Waals surface area contributed by atoms with E-state index in [2.05, 4.69) is 36.6 Å². The van der Waals surface area contributed by atoms with Crippen molar-refractivity contribution in [1.82, 2.24) is 10.3 Å². The van der Waals surface area contributed by atoms with Gasteiger partial charge in [-0.25, -0.2) is 9.99 Å². The van der Waals surface area contributed by atoms with Crippen molar-refractivity contribution in [3.8, 4) is 0 Å². The number of carbonyl (C=O) groups excluding carboxylic acids is 2. The number of rotatable bonds is 4. The zero-order chi connectivity index (χ0) is 20.4. The monoisotopic (exact) mass is 461 g/mol. The highest BCUT2D eigenvalue weighted by atomic mass is 79.9. The second-order valence-electron chi connectivity index (χ2n) is 6.42. The quantitative estimate of drug-likeness (QED) is 0.676. The van der Waals surface area contributed by atoms with E-state index in [0.29, 0.717) is 33.1 Å². The molecule has 1 aliphatic rings. The Kier molecular flexibility index (Phi) is 6.05. The predicted octanol–water partition coefficient (Wildman–Crippen LogP) is 1.59. The lowest BCUT2D eigenvalue weighted by molar-refractivity contribution is -0.117. The Labute approximate surface area is 177 Å². The lowest BCUT2D eigenvalue weighted by Gasteiger charge is -2.23. The van der Waals surface area contributed by atoms with Crippen LogP contribution in [0.2, 0.25) is 5.02 Å². The summed E-state index contributed by atoms with van der Waals surface area (Å²) in [6.45, 7) is 1.85. The van der Waals surface area contributed by atoms with Crippen LogP contribution < -0.4 is 21.1 Å². The number of hydrogen-bond donors (Lipinski definition) is 2. The highest BCUT2D eigenvalue weighted by Crippen LogP contribution is 2.31. The van der Waals surface area contributed by atoms with Gasteiger partial charge in [0.2, 0.25) is 5.91 Å². The molecule has 0 saturated heterocycles. The average Bonchev–Trinajstić information content (AvgIpc) is 3.05. The largest absolute Gasteiger partial charge is 0.355 e. The molecule has 0 saturated carbocycles. The molecule has 7 nitrogen and oxygen atoms in total. The number of aryl methyl sites for hydroxylation is 1. The van der Waals surface area contributed by atoms with Crippen LogP contribution in [0.4, 0.5) is 11.5 Å². The van der Waals surface area contributed by atoms with Crippen LogP contribution in [0.15, 0.2) is 35.6 Å². The number of pyridine rings is 1. The smallest absolute Gasteiger partial charge is 0.253 e. The van der Waals surface area contributed by atoms with Gasteiger partial charge in [0.15, 0.2) is 5.82 Å². The van der Waals surface area contributed by atoms with E-state index >= 15 is 0 Å². The maximum Gasteiger partial charge on any atom is 0.253 e. The number of benzene rings is 1. The second-order valence-corrected chi connectivity index (χ2v) is 7.74. The van der Waals surface area contributed by atoms with E-state index < -0.39 is 6.04 Å². The summed E-state index contributed by atoms with van der Waals surface area (Å²) in [4.78, 5) is 29.6. The number of nitrogens with one attached hydrogen (secondary N) is 2. The molecule has 2 aromatic rings. The number of nitrogens with zero attached hydrogens (tertiary/aromatic N) is 3. The van der Waals surface area contributed by atoms with Crippen molar-refractivity contribution in [3.63, 3.8) is 0 Å². The number of hydrogen-bond acceptors (Lipinski definition) is 5. The number of anilines is 2. The first kappa shape index (κ1) is 20.4. The molecular weight excluding hydrogens is 444 g/mol. The van der Waals surface area contributed by atoms with Gasteiger partial charge in [0.25, 0.3) is 5.91 Å². The molecule has 10 heteroatoms. The first-order valence-electron chi connectivity index (χ1n) is 8.58. The summed E-state index contributed by atoms with van der Waals surface area (Å²) in [5.74, 6) is -0.182. The molecule has 2 N–H and O–H groups in total. The van der Waals surface area contributed by atoms with Gasteiger partial charge in [-0.1, -0.05) is 29.2 Å². The van der Waals surface area contributed by atoms with Gasteiger partial charge < -0.3 is 10.6 Å². The zero-order valence-electron chi connectivity index (χ0n) is 15.6. The van der Waals surface area contributed by atoms with Gasteiger partial charge in [-0.05, 0) is 40.5 Å². The highest BCUT2D eigenvalue weighted by Gasteiger charge is 2.35. The van der Waals surface area contributed by atoms with Crippen LogP contribution in [-0.2, 0) is 4.79 Å². The van der Waals surface area contributed by atoms with Crippen molar-refractivity contribution >= 4 is 68.8 Å². The second kappa shape index (κ2) is 8.32. The van der Waals surface area contributed by atoms with E-state index in [0.717, 1.165) is 11.0 Å². The van der Waals surface area contributed by atoms with Crippen molar-refractivity contribution in [2.24, 2.45) is 5.10 Å². The summed E-state index contributed by atoms with van der Waals surface area (Å²) in [7, 11) is 3.45. The highest BCUT2D eigenvalue weighted by molar-refractivity contribution is 9.18.